The summed E-state index contributed by atoms with van der Waals surface area (Å²) < 4.78 is 0. The monoisotopic (exact) mass is 169 g/mol. The van der Waals surface area contributed by atoms with Gasteiger partial charge in [-0.15, -0.1) is 0 Å². The number of rotatable bonds is 5. The molecule has 1 heterocycles. The summed E-state index contributed by atoms with van der Waals surface area (Å²) in [7, 11) is 0. The van der Waals surface area contributed by atoms with Crippen LogP contribution < -0.4 is 5.32 Å². The lowest BCUT2D eigenvalue weighted by molar-refractivity contribution is 0.233. The van der Waals surface area contributed by atoms with E-state index in [9.17, 15) is 0 Å². The van der Waals surface area contributed by atoms with Gasteiger partial charge in [0.2, 0.25) is 0 Å². The Balaban J connectivity index is 2.11. The summed E-state index contributed by atoms with van der Waals surface area (Å²) in [5.41, 5.74) is 1.07. The molecular formula is C8H15N3O. The van der Waals surface area contributed by atoms with Crippen LogP contribution in [0.2, 0.25) is 0 Å². The third kappa shape index (κ3) is 3.02. The minimum Gasteiger partial charge on any atom is -0.396 e. The van der Waals surface area contributed by atoms with Gasteiger partial charge in [0.15, 0.2) is 0 Å². The molecule has 0 fully saturated rings. The summed E-state index contributed by atoms with van der Waals surface area (Å²) in [5, 5.41) is 18.6. The summed E-state index contributed by atoms with van der Waals surface area (Å²) in [4.78, 5) is 0. The molecule has 1 aromatic heterocycles. The van der Waals surface area contributed by atoms with Gasteiger partial charge in [0.1, 0.15) is 0 Å². The molecule has 0 saturated heterocycles. The van der Waals surface area contributed by atoms with Crippen LogP contribution in [-0.2, 0) is 6.54 Å². The van der Waals surface area contributed by atoms with Crippen molar-refractivity contribution in [1.82, 2.24) is 15.5 Å². The number of aromatic amines is 1. The number of hydrogen-bond acceptors (Lipinski definition) is 3. The van der Waals surface area contributed by atoms with Crippen molar-refractivity contribution in [3.05, 3.63) is 18.0 Å². The van der Waals surface area contributed by atoms with Gasteiger partial charge in [0.05, 0.1) is 0 Å². The van der Waals surface area contributed by atoms with Crippen LogP contribution in [0.5, 0.6) is 0 Å². The number of aliphatic hydroxyl groups excluding tert-OH is 1. The van der Waals surface area contributed by atoms with Crippen molar-refractivity contribution in [2.75, 3.05) is 13.2 Å². The Bertz CT molecular complexity index is 198. The number of hydrogen-bond donors (Lipinski definition) is 3. The van der Waals surface area contributed by atoms with Gasteiger partial charge in [0, 0.05) is 31.6 Å². The number of aliphatic hydroxyl groups is 1. The zero-order valence-electron chi connectivity index (χ0n) is 7.25. The second kappa shape index (κ2) is 4.90. The SMILES string of the molecule is CC(CO)CNCc1ccn[nH]1. The van der Waals surface area contributed by atoms with Crippen LogP contribution in [0, 0.1) is 5.92 Å². The molecule has 1 atom stereocenters. The highest BCUT2D eigenvalue weighted by molar-refractivity contribution is 4.96. The second-order valence-electron chi connectivity index (χ2n) is 3.00. The van der Waals surface area contributed by atoms with Crippen molar-refractivity contribution in [2.45, 2.75) is 13.5 Å². The lowest BCUT2D eigenvalue weighted by atomic mass is 10.2. The Hall–Kier alpha value is -0.870. The Morgan fingerprint density at radius 2 is 2.58 bits per heavy atom. The fourth-order valence-electron chi connectivity index (χ4n) is 0.901. The third-order valence-electron chi connectivity index (χ3n) is 1.68. The molecule has 0 aromatic carbocycles. The zero-order valence-corrected chi connectivity index (χ0v) is 7.25. The Morgan fingerprint density at radius 3 is 3.17 bits per heavy atom. The molecule has 0 bridgehead atoms. The van der Waals surface area contributed by atoms with E-state index >= 15 is 0 Å². The van der Waals surface area contributed by atoms with Crippen LogP contribution in [0.25, 0.3) is 0 Å². The number of H-pyrrole nitrogens is 1. The predicted octanol–water partition coefficient (Wildman–Crippen LogP) is 0.128. The summed E-state index contributed by atoms with van der Waals surface area (Å²) >= 11 is 0. The van der Waals surface area contributed by atoms with Crippen molar-refractivity contribution < 1.29 is 5.11 Å². The summed E-state index contributed by atoms with van der Waals surface area (Å²) in [5.74, 6) is 0.313. The van der Waals surface area contributed by atoms with Gasteiger partial charge in [-0.25, -0.2) is 0 Å². The lowest BCUT2D eigenvalue weighted by Gasteiger charge is -2.07. The van der Waals surface area contributed by atoms with E-state index in [1.54, 1.807) is 6.20 Å². The smallest absolute Gasteiger partial charge is 0.0490 e. The summed E-state index contributed by atoms with van der Waals surface area (Å²) in [6.07, 6.45) is 1.73. The average molecular weight is 169 g/mol. The first-order valence-electron chi connectivity index (χ1n) is 4.12. The fraction of sp³-hybridized carbons (Fsp3) is 0.625. The maximum Gasteiger partial charge on any atom is 0.0490 e. The Morgan fingerprint density at radius 1 is 1.75 bits per heavy atom. The average Bonchev–Trinajstić information content (AvgIpc) is 2.57. The van der Waals surface area contributed by atoms with Gasteiger partial charge < -0.3 is 10.4 Å². The minimum atomic E-state index is 0.232. The molecule has 0 aliphatic rings. The van der Waals surface area contributed by atoms with Crippen LogP contribution in [-0.4, -0.2) is 28.5 Å². The fourth-order valence-corrected chi connectivity index (χ4v) is 0.901. The normalized spacial score (nSPS) is 13.2. The van der Waals surface area contributed by atoms with Crippen LogP contribution in [0.15, 0.2) is 12.3 Å². The highest BCUT2D eigenvalue weighted by Gasteiger charge is 1.98. The van der Waals surface area contributed by atoms with Crippen LogP contribution in [0.1, 0.15) is 12.6 Å². The first-order chi connectivity index (χ1) is 5.83. The van der Waals surface area contributed by atoms with Crippen LogP contribution in [0.4, 0.5) is 0 Å². The zero-order chi connectivity index (χ0) is 8.81. The van der Waals surface area contributed by atoms with Crippen LogP contribution in [0.3, 0.4) is 0 Å². The van der Waals surface area contributed by atoms with E-state index in [-0.39, 0.29) is 6.61 Å². The predicted molar refractivity (Wildman–Crippen MR) is 46.5 cm³/mol. The van der Waals surface area contributed by atoms with Crippen LogP contribution >= 0.6 is 0 Å². The van der Waals surface area contributed by atoms with E-state index in [0.29, 0.717) is 5.92 Å². The van der Waals surface area contributed by atoms with E-state index in [1.165, 1.54) is 0 Å². The first kappa shape index (κ1) is 9.22. The summed E-state index contributed by atoms with van der Waals surface area (Å²) in [6, 6.07) is 1.93. The standard InChI is InChI=1S/C8H15N3O/c1-7(6-12)4-9-5-8-2-3-10-11-8/h2-3,7,9,12H,4-6H2,1H3,(H,10,11). The molecule has 3 N–H and O–H groups in total. The largest absolute Gasteiger partial charge is 0.396 e. The van der Waals surface area contributed by atoms with Gasteiger partial charge in [-0.1, -0.05) is 6.92 Å². The molecule has 0 amide bonds. The molecule has 1 aromatic rings. The molecule has 12 heavy (non-hydrogen) atoms. The number of nitrogens with zero attached hydrogens (tertiary/aromatic N) is 1. The Kier molecular flexibility index (Phi) is 3.76. The molecule has 0 spiro atoms. The molecule has 0 aliphatic heterocycles. The third-order valence-corrected chi connectivity index (χ3v) is 1.68. The van der Waals surface area contributed by atoms with Crippen molar-refractivity contribution in [2.24, 2.45) is 5.92 Å². The van der Waals surface area contributed by atoms with Gasteiger partial charge in [-0.05, 0) is 12.0 Å². The van der Waals surface area contributed by atoms with E-state index in [4.69, 9.17) is 5.11 Å². The van der Waals surface area contributed by atoms with E-state index in [0.717, 1.165) is 18.8 Å². The van der Waals surface area contributed by atoms with Gasteiger partial charge >= 0.3 is 0 Å². The maximum absolute atomic E-state index is 8.73. The molecular weight excluding hydrogens is 154 g/mol. The van der Waals surface area contributed by atoms with Gasteiger partial charge in [0.25, 0.3) is 0 Å². The van der Waals surface area contributed by atoms with E-state index in [2.05, 4.69) is 15.5 Å². The van der Waals surface area contributed by atoms with Gasteiger partial charge in [-0.2, -0.15) is 5.10 Å². The topological polar surface area (TPSA) is 60.9 Å². The van der Waals surface area contributed by atoms with E-state index in [1.807, 2.05) is 13.0 Å². The molecule has 0 radical (unpaired) electrons. The van der Waals surface area contributed by atoms with Crippen molar-refractivity contribution in [3.8, 4) is 0 Å². The minimum absolute atomic E-state index is 0.232. The molecule has 68 valence electrons. The molecule has 1 rings (SSSR count). The van der Waals surface area contributed by atoms with Crippen molar-refractivity contribution >= 4 is 0 Å². The van der Waals surface area contributed by atoms with E-state index < -0.39 is 0 Å². The first-order valence-corrected chi connectivity index (χ1v) is 4.12. The highest BCUT2D eigenvalue weighted by atomic mass is 16.3. The molecule has 1 unspecified atom stereocenters. The van der Waals surface area contributed by atoms with Gasteiger partial charge in [-0.3, -0.25) is 5.10 Å². The van der Waals surface area contributed by atoms with Crippen molar-refractivity contribution in [3.63, 3.8) is 0 Å². The van der Waals surface area contributed by atoms with Crippen molar-refractivity contribution in [1.29, 1.82) is 0 Å². The quantitative estimate of drug-likeness (QED) is 0.587. The number of nitrogens with one attached hydrogen (secondary N) is 2. The molecule has 4 nitrogen and oxygen atoms in total. The highest BCUT2D eigenvalue weighted by Crippen LogP contribution is 1.92. The second-order valence-corrected chi connectivity index (χ2v) is 3.00. The molecule has 4 heteroatoms. The maximum atomic E-state index is 8.73. The Labute approximate surface area is 72.0 Å². The molecule has 0 aliphatic carbocycles. The lowest BCUT2D eigenvalue weighted by Crippen LogP contribution is -2.22. The number of aromatic nitrogens is 2. The molecule has 0 saturated carbocycles. The summed E-state index contributed by atoms with van der Waals surface area (Å²) in [6.45, 7) is 3.84.